The summed E-state index contributed by atoms with van der Waals surface area (Å²) in [6, 6.07) is 15.4. The Morgan fingerprint density at radius 3 is 2.15 bits per heavy atom. The summed E-state index contributed by atoms with van der Waals surface area (Å²) in [5.41, 5.74) is 8.04. The van der Waals surface area contributed by atoms with Gasteiger partial charge in [0.15, 0.2) is 5.11 Å². The Morgan fingerprint density at radius 1 is 1.00 bits per heavy atom. The molecule has 0 bridgehead atoms. The molecule has 2 rings (SSSR count). The van der Waals surface area contributed by atoms with Gasteiger partial charge in [0.2, 0.25) is 0 Å². The van der Waals surface area contributed by atoms with Crippen LogP contribution in [0.5, 0.6) is 5.75 Å². The molecule has 0 aliphatic carbocycles. The van der Waals surface area contributed by atoms with E-state index in [1.54, 1.807) is 19.2 Å². The monoisotopic (exact) mass is 371 g/mol. The lowest BCUT2D eigenvalue weighted by molar-refractivity contribution is 0.0943. The summed E-state index contributed by atoms with van der Waals surface area (Å²) in [6.45, 7) is 6.99. The second-order valence-electron chi connectivity index (χ2n) is 6.92. The van der Waals surface area contributed by atoms with Crippen LogP contribution in [0.3, 0.4) is 0 Å². The first-order chi connectivity index (χ1) is 12.3. The highest BCUT2D eigenvalue weighted by Gasteiger charge is 2.13. The van der Waals surface area contributed by atoms with Gasteiger partial charge in [-0.2, -0.15) is 0 Å². The number of hydrogen-bond donors (Lipinski definition) is 3. The first-order valence-corrected chi connectivity index (χ1v) is 8.81. The molecule has 0 aliphatic heterocycles. The number of hydrogen-bond acceptors (Lipinski definition) is 3. The first-order valence-electron chi connectivity index (χ1n) is 8.40. The third-order valence-electron chi connectivity index (χ3n) is 3.86. The van der Waals surface area contributed by atoms with E-state index in [0.29, 0.717) is 17.3 Å². The van der Waals surface area contributed by atoms with Gasteiger partial charge in [-0.15, -0.1) is 0 Å². The van der Waals surface area contributed by atoms with Crippen LogP contribution in [0.4, 0.5) is 0 Å². The Balaban J connectivity index is 1.89. The summed E-state index contributed by atoms with van der Waals surface area (Å²) in [4.78, 5) is 12.0. The van der Waals surface area contributed by atoms with Crippen LogP contribution in [-0.4, -0.2) is 18.1 Å². The van der Waals surface area contributed by atoms with Crippen LogP contribution in [0.2, 0.25) is 0 Å². The highest BCUT2D eigenvalue weighted by atomic mass is 32.1. The fourth-order valence-corrected chi connectivity index (χ4v) is 2.27. The number of amides is 1. The van der Waals surface area contributed by atoms with Crippen molar-refractivity contribution in [3.8, 4) is 5.75 Å². The molecule has 138 valence electrons. The molecule has 1 amide bonds. The van der Waals surface area contributed by atoms with Crippen molar-refractivity contribution in [1.82, 2.24) is 16.2 Å². The molecule has 0 aromatic heterocycles. The molecule has 5 nitrogen and oxygen atoms in total. The molecule has 26 heavy (non-hydrogen) atoms. The van der Waals surface area contributed by atoms with Crippen molar-refractivity contribution in [1.29, 1.82) is 0 Å². The summed E-state index contributed by atoms with van der Waals surface area (Å²) in [5, 5.41) is 3.06. The summed E-state index contributed by atoms with van der Waals surface area (Å²) in [6.07, 6.45) is 0. The number of thiocarbonyl (C=S) groups is 1. The molecular weight excluding hydrogens is 346 g/mol. The highest BCUT2D eigenvalue weighted by molar-refractivity contribution is 7.80. The van der Waals surface area contributed by atoms with Gasteiger partial charge in [-0.05, 0) is 53.0 Å². The number of carbonyl (C=O) groups excluding carboxylic acids is 1. The molecule has 0 fully saturated rings. The lowest BCUT2D eigenvalue weighted by Gasteiger charge is -2.19. The molecule has 3 N–H and O–H groups in total. The number of rotatable bonds is 4. The zero-order valence-corrected chi connectivity index (χ0v) is 16.4. The Bertz CT molecular complexity index is 750. The third kappa shape index (κ3) is 5.74. The Kier molecular flexibility index (Phi) is 6.58. The average Bonchev–Trinajstić information content (AvgIpc) is 2.64. The fourth-order valence-electron chi connectivity index (χ4n) is 2.22. The van der Waals surface area contributed by atoms with Crippen molar-refractivity contribution < 1.29 is 9.53 Å². The highest BCUT2D eigenvalue weighted by Crippen LogP contribution is 2.24. The van der Waals surface area contributed by atoms with Gasteiger partial charge in [0.05, 0.1) is 0 Å². The van der Waals surface area contributed by atoms with Crippen LogP contribution < -0.4 is 20.9 Å². The SMILES string of the molecule is CNC(=S)NNC(=O)c1ccc(COc2ccc(C(C)(C)C)cc2)cc1. The van der Waals surface area contributed by atoms with Crippen molar-refractivity contribution in [2.24, 2.45) is 0 Å². The van der Waals surface area contributed by atoms with Crippen LogP contribution in [-0.2, 0) is 12.0 Å². The van der Waals surface area contributed by atoms with Gasteiger partial charge in [0.1, 0.15) is 12.4 Å². The van der Waals surface area contributed by atoms with Gasteiger partial charge in [-0.1, -0.05) is 45.0 Å². The second kappa shape index (κ2) is 8.67. The van der Waals surface area contributed by atoms with Gasteiger partial charge in [0, 0.05) is 12.6 Å². The lowest BCUT2D eigenvalue weighted by atomic mass is 9.87. The van der Waals surface area contributed by atoms with E-state index in [0.717, 1.165) is 11.3 Å². The van der Waals surface area contributed by atoms with Crippen LogP contribution >= 0.6 is 12.2 Å². The third-order valence-corrected chi connectivity index (χ3v) is 4.16. The molecule has 0 spiro atoms. The van der Waals surface area contributed by atoms with E-state index in [-0.39, 0.29) is 11.3 Å². The maximum absolute atomic E-state index is 12.0. The van der Waals surface area contributed by atoms with Crippen LogP contribution in [0, 0.1) is 0 Å². The minimum absolute atomic E-state index is 0.126. The minimum atomic E-state index is -0.257. The predicted molar refractivity (Wildman–Crippen MR) is 108 cm³/mol. The van der Waals surface area contributed by atoms with E-state index in [1.165, 1.54) is 5.56 Å². The molecule has 0 unspecified atom stereocenters. The van der Waals surface area contributed by atoms with E-state index in [9.17, 15) is 4.79 Å². The molecule has 2 aromatic rings. The fraction of sp³-hybridized carbons (Fsp3) is 0.300. The smallest absolute Gasteiger partial charge is 0.269 e. The van der Waals surface area contributed by atoms with Crippen molar-refractivity contribution in [2.75, 3.05) is 7.05 Å². The normalized spacial score (nSPS) is 10.8. The summed E-state index contributed by atoms with van der Waals surface area (Å²) < 4.78 is 5.82. The standard InChI is InChI=1S/C20H25N3O2S/c1-20(2,3)16-9-11-17(12-10-16)25-13-14-5-7-15(8-6-14)18(24)22-23-19(26)21-4/h5-12H,13H2,1-4H3,(H,22,24)(H2,21,23,26). The second-order valence-corrected chi connectivity index (χ2v) is 7.33. The average molecular weight is 372 g/mol. The first kappa shape index (κ1) is 19.7. The van der Waals surface area contributed by atoms with Crippen molar-refractivity contribution in [3.05, 3.63) is 65.2 Å². The Labute approximate surface area is 160 Å². The molecular formula is C20H25N3O2S. The Morgan fingerprint density at radius 2 is 1.62 bits per heavy atom. The van der Waals surface area contributed by atoms with Crippen LogP contribution in [0.1, 0.15) is 42.3 Å². The zero-order chi connectivity index (χ0) is 19.2. The van der Waals surface area contributed by atoms with Gasteiger partial charge in [-0.25, -0.2) is 0 Å². The van der Waals surface area contributed by atoms with Crippen molar-refractivity contribution >= 4 is 23.2 Å². The van der Waals surface area contributed by atoms with Gasteiger partial charge >= 0.3 is 0 Å². The van der Waals surface area contributed by atoms with Gasteiger partial charge in [0.25, 0.3) is 5.91 Å². The Hall–Kier alpha value is -2.60. The molecule has 0 atom stereocenters. The van der Waals surface area contributed by atoms with Gasteiger partial charge < -0.3 is 10.1 Å². The number of benzene rings is 2. The number of nitrogens with one attached hydrogen (secondary N) is 3. The zero-order valence-electron chi connectivity index (χ0n) is 15.6. The quantitative estimate of drug-likeness (QED) is 0.569. The summed E-state index contributed by atoms with van der Waals surface area (Å²) >= 11 is 4.90. The van der Waals surface area contributed by atoms with E-state index >= 15 is 0 Å². The minimum Gasteiger partial charge on any atom is -0.489 e. The maximum atomic E-state index is 12.0. The molecule has 0 saturated heterocycles. The van der Waals surface area contributed by atoms with E-state index in [2.05, 4.69) is 49.1 Å². The summed E-state index contributed by atoms with van der Waals surface area (Å²) in [5.74, 6) is 0.567. The topological polar surface area (TPSA) is 62.4 Å². The number of carbonyl (C=O) groups is 1. The number of ether oxygens (including phenoxy) is 1. The maximum Gasteiger partial charge on any atom is 0.269 e. The van der Waals surface area contributed by atoms with E-state index in [1.807, 2.05) is 24.3 Å². The van der Waals surface area contributed by atoms with Crippen molar-refractivity contribution in [3.63, 3.8) is 0 Å². The lowest BCUT2D eigenvalue weighted by Crippen LogP contribution is -2.45. The largest absolute Gasteiger partial charge is 0.489 e. The molecule has 0 aliphatic rings. The molecule has 0 heterocycles. The number of hydrazine groups is 1. The molecule has 6 heteroatoms. The molecule has 0 radical (unpaired) electrons. The van der Waals surface area contributed by atoms with E-state index < -0.39 is 0 Å². The molecule has 2 aromatic carbocycles. The molecule has 0 saturated carbocycles. The van der Waals surface area contributed by atoms with Crippen molar-refractivity contribution in [2.45, 2.75) is 32.8 Å². The predicted octanol–water partition coefficient (Wildman–Crippen LogP) is 3.30. The van der Waals surface area contributed by atoms with Crippen LogP contribution in [0.15, 0.2) is 48.5 Å². The van der Waals surface area contributed by atoms with E-state index in [4.69, 9.17) is 17.0 Å². The van der Waals surface area contributed by atoms with Gasteiger partial charge in [-0.3, -0.25) is 15.6 Å². The van der Waals surface area contributed by atoms with Crippen LogP contribution in [0.25, 0.3) is 0 Å². The summed E-state index contributed by atoms with van der Waals surface area (Å²) in [7, 11) is 1.67.